The fourth-order valence-corrected chi connectivity index (χ4v) is 3.11. The van der Waals surface area contributed by atoms with Gasteiger partial charge in [-0.25, -0.2) is 9.18 Å². The third-order valence-electron chi connectivity index (χ3n) is 3.89. The predicted molar refractivity (Wildman–Crippen MR) is 104 cm³/mol. The van der Waals surface area contributed by atoms with Crippen LogP contribution in [0.25, 0.3) is 0 Å². The van der Waals surface area contributed by atoms with Gasteiger partial charge < -0.3 is 5.32 Å². The van der Waals surface area contributed by atoms with Crippen molar-refractivity contribution in [2.24, 2.45) is 0 Å². The molecule has 0 fully saturated rings. The van der Waals surface area contributed by atoms with Gasteiger partial charge in [-0.2, -0.15) is 0 Å². The molecule has 0 aliphatic carbocycles. The van der Waals surface area contributed by atoms with Crippen LogP contribution in [0, 0.1) is 5.82 Å². The summed E-state index contributed by atoms with van der Waals surface area (Å²) in [6.07, 6.45) is 0. The van der Waals surface area contributed by atoms with Gasteiger partial charge in [-0.05, 0) is 37.1 Å². The number of amides is 3. The monoisotopic (exact) mass is 411 g/mol. The third kappa shape index (κ3) is 5.66. The van der Waals surface area contributed by atoms with Crippen LogP contribution in [0.3, 0.4) is 0 Å². The van der Waals surface area contributed by atoms with E-state index in [9.17, 15) is 14.0 Å². The molecule has 3 amide bonds. The van der Waals surface area contributed by atoms with Gasteiger partial charge in [0.25, 0.3) is 0 Å². The van der Waals surface area contributed by atoms with Crippen LogP contribution in [0.5, 0.6) is 0 Å². The molecule has 0 aliphatic rings. The average Bonchev–Trinajstić information content (AvgIpc) is 2.63. The normalized spacial score (nSPS) is 12.9. The fraction of sp³-hybridized carbons (Fsp3) is 0.263. The van der Waals surface area contributed by atoms with Gasteiger partial charge in [0.15, 0.2) is 0 Å². The first-order valence-electron chi connectivity index (χ1n) is 8.37. The number of halogens is 3. The van der Waals surface area contributed by atoms with Crippen molar-refractivity contribution in [3.05, 3.63) is 69.5 Å². The van der Waals surface area contributed by atoms with Gasteiger partial charge in [-0.15, -0.1) is 0 Å². The van der Waals surface area contributed by atoms with Crippen LogP contribution in [0.15, 0.2) is 42.5 Å². The van der Waals surface area contributed by atoms with Crippen molar-refractivity contribution < 1.29 is 14.0 Å². The number of benzene rings is 2. The standard InChI is InChI=1S/C19H20Cl2FN3O2/c1-3-23-19(27)25-18(26)17(12-7-5-4-6-8-12)24-11(2)13-9-16(22)15(21)10-14(13)20/h4-11,17,24H,3H2,1-2H3,(H2,23,25,26,27)/t11-,17+/m1/s1. The summed E-state index contributed by atoms with van der Waals surface area (Å²) < 4.78 is 13.8. The van der Waals surface area contributed by atoms with Crippen LogP contribution < -0.4 is 16.0 Å². The summed E-state index contributed by atoms with van der Waals surface area (Å²) in [5.41, 5.74) is 1.10. The minimum atomic E-state index is -0.849. The van der Waals surface area contributed by atoms with Crippen molar-refractivity contribution in [2.75, 3.05) is 6.54 Å². The predicted octanol–water partition coefficient (Wildman–Crippen LogP) is 4.37. The highest BCUT2D eigenvalue weighted by Gasteiger charge is 2.25. The quantitative estimate of drug-likeness (QED) is 0.618. The van der Waals surface area contributed by atoms with Crippen LogP contribution in [0.2, 0.25) is 10.0 Å². The van der Waals surface area contributed by atoms with Gasteiger partial charge in [-0.3, -0.25) is 15.4 Å². The van der Waals surface area contributed by atoms with Gasteiger partial charge in [0.2, 0.25) is 5.91 Å². The Morgan fingerprint density at radius 1 is 1.11 bits per heavy atom. The lowest BCUT2D eigenvalue weighted by Crippen LogP contribution is -2.45. The van der Waals surface area contributed by atoms with Gasteiger partial charge >= 0.3 is 6.03 Å². The minimum Gasteiger partial charge on any atom is -0.338 e. The molecule has 0 saturated heterocycles. The number of hydrogen-bond acceptors (Lipinski definition) is 3. The largest absolute Gasteiger partial charge is 0.338 e. The van der Waals surface area contributed by atoms with Crippen LogP contribution in [0.4, 0.5) is 9.18 Å². The maximum atomic E-state index is 13.8. The van der Waals surface area contributed by atoms with Crippen LogP contribution >= 0.6 is 23.2 Å². The molecule has 2 aromatic carbocycles. The van der Waals surface area contributed by atoms with Crippen LogP contribution in [-0.2, 0) is 4.79 Å². The molecule has 27 heavy (non-hydrogen) atoms. The lowest BCUT2D eigenvalue weighted by Gasteiger charge is -2.24. The maximum absolute atomic E-state index is 13.8. The minimum absolute atomic E-state index is 0.0791. The van der Waals surface area contributed by atoms with E-state index in [2.05, 4.69) is 16.0 Å². The highest BCUT2D eigenvalue weighted by atomic mass is 35.5. The molecule has 0 bridgehead atoms. The Morgan fingerprint density at radius 3 is 2.41 bits per heavy atom. The highest BCUT2D eigenvalue weighted by Crippen LogP contribution is 2.30. The lowest BCUT2D eigenvalue weighted by atomic mass is 10.0. The SMILES string of the molecule is CCNC(=O)NC(=O)[C@@H](N[C@H](C)c1cc(F)c(Cl)cc1Cl)c1ccccc1. The summed E-state index contributed by atoms with van der Waals surface area (Å²) >= 11 is 11.9. The average molecular weight is 412 g/mol. The smallest absolute Gasteiger partial charge is 0.321 e. The zero-order valence-electron chi connectivity index (χ0n) is 14.9. The Bertz CT molecular complexity index is 818. The van der Waals surface area contributed by atoms with E-state index in [4.69, 9.17) is 23.2 Å². The molecule has 0 spiro atoms. The highest BCUT2D eigenvalue weighted by molar-refractivity contribution is 6.35. The van der Waals surface area contributed by atoms with Crippen molar-refractivity contribution in [1.29, 1.82) is 0 Å². The summed E-state index contributed by atoms with van der Waals surface area (Å²) in [4.78, 5) is 24.4. The first-order valence-corrected chi connectivity index (χ1v) is 9.13. The Kier molecular flexibility index (Phi) is 7.59. The molecule has 0 heterocycles. The molecule has 8 heteroatoms. The third-order valence-corrected chi connectivity index (χ3v) is 4.51. The molecule has 2 atom stereocenters. The van der Waals surface area contributed by atoms with E-state index in [1.807, 2.05) is 6.07 Å². The van der Waals surface area contributed by atoms with Crippen LogP contribution in [-0.4, -0.2) is 18.5 Å². The molecule has 0 aliphatic heterocycles. The van der Waals surface area contributed by atoms with Gasteiger partial charge in [0.1, 0.15) is 11.9 Å². The van der Waals surface area contributed by atoms with Gasteiger partial charge in [0, 0.05) is 17.6 Å². The topological polar surface area (TPSA) is 70.2 Å². The first kappa shape index (κ1) is 21.2. The van der Waals surface area contributed by atoms with Crippen molar-refractivity contribution in [3.63, 3.8) is 0 Å². The Hall–Kier alpha value is -2.15. The number of imide groups is 1. The summed E-state index contributed by atoms with van der Waals surface area (Å²) in [6, 6.07) is 9.51. The second kappa shape index (κ2) is 9.69. The van der Waals surface area contributed by atoms with E-state index in [0.29, 0.717) is 17.7 Å². The van der Waals surface area contributed by atoms with E-state index in [1.54, 1.807) is 38.1 Å². The van der Waals surface area contributed by atoms with E-state index in [-0.39, 0.29) is 10.0 Å². The first-order chi connectivity index (χ1) is 12.8. The fourth-order valence-electron chi connectivity index (χ4n) is 2.57. The Labute approximate surface area is 167 Å². The van der Waals surface area contributed by atoms with Crippen molar-refractivity contribution in [1.82, 2.24) is 16.0 Å². The van der Waals surface area contributed by atoms with Gasteiger partial charge in [0.05, 0.1) is 5.02 Å². The van der Waals surface area contributed by atoms with Crippen molar-refractivity contribution in [2.45, 2.75) is 25.9 Å². The molecular weight excluding hydrogens is 392 g/mol. The maximum Gasteiger partial charge on any atom is 0.321 e. The second-order valence-corrected chi connectivity index (χ2v) is 6.68. The molecule has 0 unspecified atom stereocenters. The molecule has 144 valence electrons. The summed E-state index contributed by atoms with van der Waals surface area (Å²) in [5, 5.41) is 8.09. The Morgan fingerprint density at radius 2 is 1.78 bits per heavy atom. The van der Waals surface area contributed by atoms with Crippen molar-refractivity contribution in [3.8, 4) is 0 Å². The molecule has 5 nitrogen and oxygen atoms in total. The number of urea groups is 1. The molecule has 0 saturated carbocycles. The molecule has 2 aromatic rings. The van der Waals surface area contributed by atoms with Crippen LogP contribution in [0.1, 0.15) is 37.1 Å². The summed E-state index contributed by atoms with van der Waals surface area (Å²) in [5.74, 6) is -1.14. The number of carbonyl (C=O) groups is 2. The van der Waals surface area contributed by atoms with Crippen molar-refractivity contribution >= 4 is 35.1 Å². The van der Waals surface area contributed by atoms with E-state index < -0.39 is 29.8 Å². The zero-order chi connectivity index (χ0) is 20.0. The summed E-state index contributed by atoms with van der Waals surface area (Å²) in [7, 11) is 0. The molecule has 3 N–H and O–H groups in total. The number of hydrogen-bond donors (Lipinski definition) is 3. The number of carbonyl (C=O) groups excluding carboxylic acids is 2. The van der Waals surface area contributed by atoms with E-state index in [1.165, 1.54) is 12.1 Å². The molecule has 0 radical (unpaired) electrons. The number of rotatable bonds is 6. The molecule has 2 rings (SSSR count). The van der Waals surface area contributed by atoms with Gasteiger partial charge in [-0.1, -0.05) is 53.5 Å². The second-order valence-electron chi connectivity index (χ2n) is 5.87. The Balaban J connectivity index is 2.27. The van der Waals surface area contributed by atoms with E-state index >= 15 is 0 Å². The van der Waals surface area contributed by atoms with E-state index in [0.717, 1.165) is 0 Å². The molecular formula is C19H20Cl2FN3O2. The molecule has 0 aromatic heterocycles. The zero-order valence-corrected chi connectivity index (χ0v) is 16.4. The summed E-state index contributed by atoms with van der Waals surface area (Å²) in [6.45, 7) is 3.87. The lowest BCUT2D eigenvalue weighted by molar-refractivity contribution is -0.122. The number of nitrogens with one attached hydrogen (secondary N) is 3.